The zero-order valence-corrected chi connectivity index (χ0v) is 11.2. The number of hydrogen-bond acceptors (Lipinski definition) is 2. The predicted octanol–water partition coefficient (Wildman–Crippen LogP) is 2.98. The van der Waals surface area contributed by atoms with Crippen molar-refractivity contribution in [3.05, 3.63) is 29.8 Å². The Bertz CT molecular complexity index is 337. The van der Waals surface area contributed by atoms with Crippen molar-refractivity contribution >= 4 is 37.8 Å². The van der Waals surface area contributed by atoms with Gasteiger partial charge in [-0.25, -0.2) is 0 Å². The maximum Gasteiger partial charge on any atom is 0.318 e. The van der Waals surface area contributed by atoms with Crippen molar-refractivity contribution in [2.24, 2.45) is 0 Å². The summed E-state index contributed by atoms with van der Waals surface area (Å²) < 4.78 is 5.01. The molecule has 2 atom stereocenters. The van der Waals surface area contributed by atoms with Gasteiger partial charge in [0, 0.05) is 0 Å². The van der Waals surface area contributed by atoms with Crippen LogP contribution >= 0.6 is 31.9 Å². The van der Waals surface area contributed by atoms with Gasteiger partial charge in [0.05, 0.1) is 11.9 Å². The van der Waals surface area contributed by atoms with Crippen molar-refractivity contribution in [2.75, 3.05) is 7.11 Å². The molecular formula is C10H10Br2O3. The molecule has 3 nitrogen and oxygen atoms in total. The normalized spacial score (nSPS) is 14.3. The molecule has 0 amide bonds. The van der Waals surface area contributed by atoms with Crippen LogP contribution in [-0.2, 0) is 4.79 Å². The maximum absolute atomic E-state index is 10.7. The molecule has 0 unspecified atom stereocenters. The van der Waals surface area contributed by atoms with Gasteiger partial charge in [-0.05, 0) is 17.7 Å². The molecular weight excluding hydrogens is 328 g/mol. The van der Waals surface area contributed by atoms with E-state index in [1.54, 1.807) is 19.2 Å². The van der Waals surface area contributed by atoms with Gasteiger partial charge >= 0.3 is 5.97 Å². The van der Waals surface area contributed by atoms with Gasteiger partial charge in [0.1, 0.15) is 10.6 Å². The molecule has 1 N–H and O–H groups in total. The summed E-state index contributed by atoms with van der Waals surface area (Å²) in [5, 5.41) is 8.81. The summed E-state index contributed by atoms with van der Waals surface area (Å²) in [4.78, 5) is 9.83. The Morgan fingerprint density at radius 1 is 1.33 bits per heavy atom. The molecule has 15 heavy (non-hydrogen) atoms. The third-order valence-corrected chi connectivity index (χ3v) is 4.61. The van der Waals surface area contributed by atoms with Gasteiger partial charge in [-0.3, -0.25) is 4.79 Å². The van der Waals surface area contributed by atoms with Gasteiger partial charge in [-0.1, -0.05) is 44.0 Å². The molecule has 0 aliphatic rings. The Morgan fingerprint density at radius 3 is 2.27 bits per heavy atom. The number of alkyl halides is 2. The van der Waals surface area contributed by atoms with E-state index in [1.807, 2.05) is 12.1 Å². The zero-order valence-electron chi connectivity index (χ0n) is 7.98. The van der Waals surface area contributed by atoms with Gasteiger partial charge in [0.2, 0.25) is 0 Å². The van der Waals surface area contributed by atoms with Crippen LogP contribution in [0.1, 0.15) is 10.4 Å². The first-order valence-electron chi connectivity index (χ1n) is 4.21. The number of carbonyl (C=O) groups is 1. The van der Waals surface area contributed by atoms with E-state index < -0.39 is 10.8 Å². The van der Waals surface area contributed by atoms with Gasteiger partial charge in [-0.15, -0.1) is 0 Å². The molecule has 1 aromatic rings. The maximum atomic E-state index is 10.7. The Hall–Kier alpha value is -0.550. The minimum Gasteiger partial charge on any atom is -0.497 e. The number of carboxylic acid groups (broad SMARTS) is 1. The number of ether oxygens (including phenoxy) is 1. The standard InChI is InChI=1S/C10H10Br2O3/c1-15-7-4-2-6(3-5-7)8(11)9(12)10(13)14/h2-5,8-9H,1H3,(H,13,14)/t8-,9+/m1/s1. The van der Waals surface area contributed by atoms with Crippen LogP contribution in [-0.4, -0.2) is 23.0 Å². The first-order valence-corrected chi connectivity index (χ1v) is 6.04. The monoisotopic (exact) mass is 336 g/mol. The van der Waals surface area contributed by atoms with Crippen molar-refractivity contribution < 1.29 is 14.6 Å². The summed E-state index contributed by atoms with van der Waals surface area (Å²) in [6.45, 7) is 0. The van der Waals surface area contributed by atoms with E-state index in [1.165, 1.54) is 0 Å². The van der Waals surface area contributed by atoms with Crippen LogP contribution in [0.15, 0.2) is 24.3 Å². The molecule has 0 bridgehead atoms. The second-order valence-electron chi connectivity index (χ2n) is 2.91. The Kier molecular flexibility index (Phi) is 4.60. The minimum absolute atomic E-state index is 0.263. The fourth-order valence-corrected chi connectivity index (χ4v) is 1.92. The smallest absolute Gasteiger partial charge is 0.318 e. The largest absolute Gasteiger partial charge is 0.497 e. The second-order valence-corrected chi connectivity index (χ2v) is 4.89. The summed E-state index contributed by atoms with van der Waals surface area (Å²) in [7, 11) is 1.59. The molecule has 0 aliphatic carbocycles. The number of halogens is 2. The molecule has 82 valence electrons. The zero-order chi connectivity index (χ0) is 11.4. The lowest BCUT2D eigenvalue weighted by atomic mass is 10.1. The van der Waals surface area contributed by atoms with Gasteiger partial charge in [-0.2, -0.15) is 0 Å². The minimum atomic E-state index is -0.896. The third kappa shape index (κ3) is 3.21. The molecule has 0 aliphatic heterocycles. The summed E-state index contributed by atoms with van der Waals surface area (Å²) in [6.07, 6.45) is 0. The highest BCUT2D eigenvalue weighted by molar-refractivity contribution is 9.12. The first kappa shape index (κ1) is 12.5. The summed E-state index contributed by atoms with van der Waals surface area (Å²) in [5.74, 6) is -0.146. The van der Waals surface area contributed by atoms with E-state index in [0.29, 0.717) is 0 Å². The van der Waals surface area contributed by atoms with Crippen LogP contribution in [0.4, 0.5) is 0 Å². The third-order valence-electron chi connectivity index (χ3n) is 1.93. The number of carboxylic acids is 1. The average Bonchev–Trinajstić information content (AvgIpc) is 2.27. The lowest BCUT2D eigenvalue weighted by molar-refractivity contribution is -0.136. The molecule has 1 rings (SSSR count). The Balaban J connectivity index is 2.82. The highest BCUT2D eigenvalue weighted by Gasteiger charge is 2.24. The molecule has 0 heterocycles. The number of benzene rings is 1. The summed E-state index contributed by atoms with van der Waals surface area (Å²) in [5.41, 5.74) is 0.889. The Labute approximate surface area is 105 Å². The van der Waals surface area contributed by atoms with Crippen LogP contribution in [0.25, 0.3) is 0 Å². The van der Waals surface area contributed by atoms with Crippen LogP contribution in [0.5, 0.6) is 5.75 Å². The highest BCUT2D eigenvalue weighted by atomic mass is 79.9. The van der Waals surface area contributed by atoms with E-state index in [0.717, 1.165) is 11.3 Å². The topological polar surface area (TPSA) is 46.5 Å². The van der Waals surface area contributed by atoms with Crippen molar-refractivity contribution in [1.29, 1.82) is 0 Å². The number of methoxy groups -OCH3 is 1. The van der Waals surface area contributed by atoms with Gasteiger partial charge in [0.25, 0.3) is 0 Å². The van der Waals surface area contributed by atoms with E-state index in [4.69, 9.17) is 9.84 Å². The number of hydrogen-bond donors (Lipinski definition) is 1. The molecule has 0 aromatic heterocycles. The van der Waals surface area contributed by atoms with Gasteiger partial charge < -0.3 is 9.84 Å². The van der Waals surface area contributed by atoms with Crippen molar-refractivity contribution in [2.45, 2.75) is 9.65 Å². The van der Waals surface area contributed by atoms with E-state index in [9.17, 15) is 4.79 Å². The molecule has 0 fully saturated rings. The predicted molar refractivity (Wildman–Crippen MR) is 65.0 cm³/mol. The number of aliphatic carboxylic acids is 1. The van der Waals surface area contributed by atoms with Gasteiger partial charge in [0.15, 0.2) is 0 Å². The van der Waals surface area contributed by atoms with E-state index in [2.05, 4.69) is 31.9 Å². The van der Waals surface area contributed by atoms with Crippen LogP contribution in [0, 0.1) is 0 Å². The van der Waals surface area contributed by atoms with Crippen LogP contribution < -0.4 is 4.74 Å². The Morgan fingerprint density at radius 2 is 1.87 bits per heavy atom. The molecule has 0 spiro atoms. The molecule has 0 radical (unpaired) electrons. The van der Waals surface area contributed by atoms with E-state index >= 15 is 0 Å². The van der Waals surface area contributed by atoms with Crippen molar-refractivity contribution in [3.8, 4) is 5.75 Å². The summed E-state index contributed by atoms with van der Waals surface area (Å²) in [6, 6.07) is 7.25. The van der Waals surface area contributed by atoms with Crippen molar-refractivity contribution in [3.63, 3.8) is 0 Å². The average molecular weight is 338 g/mol. The molecule has 0 saturated heterocycles. The van der Waals surface area contributed by atoms with Crippen LogP contribution in [0.3, 0.4) is 0 Å². The SMILES string of the molecule is COc1ccc([C@@H](Br)[C@H](Br)C(=O)O)cc1. The quantitative estimate of drug-likeness (QED) is 0.859. The first-order chi connectivity index (χ1) is 7.06. The lowest BCUT2D eigenvalue weighted by Crippen LogP contribution is -2.17. The van der Waals surface area contributed by atoms with E-state index in [-0.39, 0.29) is 4.83 Å². The molecule has 5 heteroatoms. The fraction of sp³-hybridized carbons (Fsp3) is 0.300. The van der Waals surface area contributed by atoms with Crippen LogP contribution in [0.2, 0.25) is 0 Å². The molecule has 0 saturated carbocycles. The van der Waals surface area contributed by atoms with Crippen molar-refractivity contribution in [1.82, 2.24) is 0 Å². The fourth-order valence-electron chi connectivity index (χ4n) is 1.08. The number of rotatable bonds is 4. The molecule has 1 aromatic carbocycles. The summed E-state index contributed by atoms with van der Waals surface area (Å²) >= 11 is 6.43. The second kappa shape index (κ2) is 5.51. The highest BCUT2D eigenvalue weighted by Crippen LogP contribution is 2.32. The lowest BCUT2D eigenvalue weighted by Gasteiger charge is -2.13.